The van der Waals surface area contributed by atoms with Crippen LogP contribution in [-0.4, -0.2) is 48.8 Å². The van der Waals surface area contributed by atoms with E-state index in [1.807, 2.05) is 31.2 Å². The van der Waals surface area contributed by atoms with Crippen molar-refractivity contribution in [2.24, 2.45) is 0 Å². The highest BCUT2D eigenvalue weighted by Gasteiger charge is 2.19. The molecule has 1 aliphatic heterocycles. The minimum Gasteiger partial charge on any atom is -0.387 e. The number of piperidine rings is 1. The molecule has 1 aliphatic rings. The summed E-state index contributed by atoms with van der Waals surface area (Å²) < 4.78 is 0. The van der Waals surface area contributed by atoms with Gasteiger partial charge in [0.2, 0.25) is 0 Å². The first-order valence-electron chi connectivity index (χ1n) is 7.52. The Labute approximate surface area is 126 Å². The number of carbonyl (C=O) groups excluding carboxylic acids is 1. The molecule has 2 amide bonds. The van der Waals surface area contributed by atoms with E-state index in [0.29, 0.717) is 0 Å². The summed E-state index contributed by atoms with van der Waals surface area (Å²) in [6, 6.07) is 7.71. The lowest BCUT2D eigenvalue weighted by Crippen LogP contribution is -2.47. The molecule has 1 heterocycles. The van der Waals surface area contributed by atoms with Crippen LogP contribution in [0.15, 0.2) is 24.3 Å². The monoisotopic (exact) mass is 291 g/mol. The highest BCUT2D eigenvalue weighted by atomic mass is 16.3. The number of nitrogens with one attached hydrogen (secondary N) is 2. The fourth-order valence-corrected chi connectivity index (χ4v) is 2.65. The van der Waals surface area contributed by atoms with E-state index in [2.05, 4.69) is 22.6 Å². The van der Waals surface area contributed by atoms with Crippen molar-refractivity contribution >= 4 is 6.03 Å². The fourth-order valence-electron chi connectivity index (χ4n) is 2.65. The van der Waals surface area contributed by atoms with E-state index in [4.69, 9.17) is 0 Å². The third-order valence-electron chi connectivity index (χ3n) is 4.06. The summed E-state index contributed by atoms with van der Waals surface area (Å²) in [6.07, 6.45) is 1.28. The molecular formula is C16H25N3O2. The smallest absolute Gasteiger partial charge is 0.315 e. The molecule has 2 rings (SSSR count). The first kappa shape index (κ1) is 15.8. The quantitative estimate of drug-likeness (QED) is 0.786. The molecule has 0 radical (unpaired) electrons. The predicted molar refractivity (Wildman–Crippen MR) is 83.2 cm³/mol. The maximum atomic E-state index is 11.9. The molecule has 3 N–H and O–H groups in total. The zero-order valence-corrected chi connectivity index (χ0v) is 12.8. The van der Waals surface area contributed by atoms with Gasteiger partial charge in [-0.1, -0.05) is 24.3 Å². The average Bonchev–Trinajstić information content (AvgIpc) is 2.48. The van der Waals surface area contributed by atoms with Gasteiger partial charge in [0.05, 0.1) is 6.10 Å². The van der Waals surface area contributed by atoms with Crippen molar-refractivity contribution in [2.45, 2.75) is 31.9 Å². The maximum absolute atomic E-state index is 11.9. The van der Waals surface area contributed by atoms with Crippen LogP contribution in [0.1, 0.15) is 30.1 Å². The maximum Gasteiger partial charge on any atom is 0.315 e. The summed E-state index contributed by atoms with van der Waals surface area (Å²) in [4.78, 5) is 14.1. The van der Waals surface area contributed by atoms with E-state index in [1.165, 1.54) is 0 Å². The van der Waals surface area contributed by atoms with E-state index in [1.54, 1.807) is 0 Å². The summed E-state index contributed by atoms with van der Waals surface area (Å²) in [5.74, 6) is 0. The number of amides is 2. The number of likely N-dealkylation sites (tertiary alicyclic amines) is 1. The van der Waals surface area contributed by atoms with Gasteiger partial charge in [-0.05, 0) is 51.0 Å². The first-order chi connectivity index (χ1) is 10.1. The Morgan fingerprint density at radius 3 is 2.71 bits per heavy atom. The Morgan fingerprint density at radius 2 is 2.05 bits per heavy atom. The zero-order chi connectivity index (χ0) is 15.2. The number of hydrogen-bond acceptors (Lipinski definition) is 3. The zero-order valence-electron chi connectivity index (χ0n) is 12.8. The number of urea groups is 1. The van der Waals surface area contributed by atoms with Crippen LogP contribution >= 0.6 is 0 Å². The van der Waals surface area contributed by atoms with Gasteiger partial charge in [-0.2, -0.15) is 0 Å². The second-order valence-corrected chi connectivity index (χ2v) is 5.80. The predicted octanol–water partition coefficient (Wildman–Crippen LogP) is 1.42. The Balaban J connectivity index is 1.75. The summed E-state index contributed by atoms with van der Waals surface area (Å²) >= 11 is 0. The Morgan fingerprint density at radius 1 is 1.38 bits per heavy atom. The normalized spacial score (nSPS) is 18.2. The van der Waals surface area contributed by atoms with Crippen molar-refractivity contribution in [2.75, 3.05) is 26.7 Å². The average molecular weight is 291 g/mol. The van der Waals surface area contributed by atoms with Crippen LogP contribution in [0.3, 0.4) is 0 Å². The van der Waals surface area contributed by atoms with Gasteiger partial charge in [0.25, 0.3) is 0 Å². The van der Waals surface area contributed by atoms with Crippen molar-refractivity contribution in [3.05, 3.63) is 35.4 Å². The van der Waals surface area contributed by atoms with Crippen LogP contribution < -0.4 is 10.6 Å². The minimum absolute atomic E-state index is 0.197. The molecule has 1 fully saturated rings. The number of hydrogen-bond donors (Lipinski definition) is 3. The SMILES string of the molecule is Cc1ccccc1C(O)CNC(=O)NC1CCN(C)CC1. The van der Waals surface area contributed by atoms with Crippen molar-refractivity contribution in [1.82, 2.24) is 15.5 Å². The molecule has 0 aromatic heterocycles. The van der Waals surface area contributed by atoms with Gasteiger partial charge >= 0.3 is 6.03 Å². The number of carbonyl (C=O) groups is 1. The number of aryl methyl sites for hydroxylation is 1. The van der Waals surface area contributed by atoms with Gasteiger partial charge in [-0.3, -0.25) is 0 Å². The van der Waals surface area contributed by atoms with Crippen LogP contribution in [0.5, 0.6) is 0 Å². The second-order valence-electron chi connectivity index (χ2n) is 5.80. The van der Waals surface area contributed by atoms with Crippen LogP contribution in [0, 0.1) is 6.92 Å². The summed E-state index contributed by atoms with van der Waals surface area (Å²) in [7, 11) is 2.09. The highest BCUT2D eigenvalue weighted by Crippen LogP contribution is 2.16. The number of aliphatic hydroxyl groups excluding tert-OH is 1. The molecule has 5 heteroatoms. The molecule has 1 saturated heterocycles. The molecule has 1 unspecified atom stereocenters. The van der Waals surface area contributed by atoms with Gasteiger partial charge in [-0.15, -0.1) is 0 Å². The van der Waals surface area contributed by atoms with Gasteiger partial charge in [0.15, 0.2) is 0 Å². The van der Waals surface area contributed by atoms with Gasteiger partial charge in [0, 0.05) is 12.6 Å². The van der Waals surface area contributed by atoms with Crippen LogP contribution in [0.4, 0.5) is 4.79 Å². The fraction of sp³-hybridized carbons (Fsp3) is 0.562. The highest BCUT2D eigenvalue weighted by molar-refractivity contribution is 5.74. The Bertz CT molecular complexity index is 470. The lowest BCUT2D eigenvalue weighted by atomic mass is 10.0. The molecule has 5 nitrogen and oxygen atoms in total. The summed E-state index contributed by atoms with van der Waals surface area (Å²) in [5, 5.41) is 15.9. The van der Waals surface area contributed by atoms with Gasteiger partial charge in [-0.25, -0.2) is 4.79 Å². The van der Waals surface area contributed by atoms with E-state index in [9.17, 15) is 9.90 Å². The first-order valence-corrected chi connectivity index (χ1v) is 7.52. The van der Waals surface area contributed by atoms with Crippen LogP contribution in [0.25, 0.3) is 0 Å². The Kier molecular flexibility index (Phi) is 5.59. The number of aliphatic hydroxyl groups is 1. The number of rotatable bonds is 4. The van der Waals surface area contributed by atoms with E-state index in [-0.39, 0.29) is 18.6 Å². The number of benzene rings is 1. The lowest BCUT2D eigenvalue weighted by molar-refractivity contribution is 0.170. The third kappa shape index (κ3) is 4.72. The Hall–Kier alpha value is -1.59. The van der Waals surface area contributed by atoms with Crippen molar-refractivity contribution < 1.29 is 9.90 Å². The van der Waals surface area contributed by atoms with Gasteiger partial charge in [0.1, 0.15) is 0 Å². The van der Waals surface area contributed by atoms with Crippen molar-refractivity contribution in [3.63, 3.8) is 0 Å². The molecular weight excluding hydrogens is 266 g/mol. The van der Waals surface area contributed by atoms with E-state index < -0.39 is 6.10 Å². The lowest BCUT2D eigenvalue weighted by Gasteiger charge is -2.29. The molecule has 1 aromatic carbocycles. The third-order valence-corrected chi connectivity index (χ3v) is 4.06. The molecule has 0 aliphatic carbocycles. The molecule has 0 bridgehead atoms. The topological polar surface area (TPSA) is 64.6 Å². The molecule has 1 aromatic rings. The molecule has 116 valence electrons. The van der Waals surface area contributed by atoms with E-state index in [0.717, 1.165) is 37.1 Å². The summed E-state index contributed by atoms with van der Waals surface area (Å²) in [6.45, 7) is 4.20. The van der Waals surface area contributed by atoms with Crippen LogP contribution in [0.2, 0.25) is 0 Å². The van der Waals surface area contributed by atoms with Crippen molar-refractivity contribution in [3.8, 4) is 0 Å². The van der Waals surface area contributed by atoms with Gasteiger partial charge < -0.3 is 20.6 Å². The molecule has 21 heavy (non-hydrogen) atoms. The van der Waals surface area contributed by atoms with Crippen molar-refractivity contribution in [1.29, 1.82) is 0 Å². The van der Waals surface area contributed by atoms with E-state index >= 15 is 0 Å². The summed E-state index contributed by atoms with van der Waals surface area (Å²) in [5.41, 5.74) is 1.89. The molecule has 1 atom stereocenters. The van der Waals surface area contributed by atoms with Crippen LogP contribution in [-0.2, 0) is 0 Å². The second kappa shape index (κ2) is 7.43. The largest absolute Gasteiger partial charge is 0.387 e. The number of nitrogens with zero attached hydrogens (tertiary/aromatic N) is 1. The molecule has 0 spiro atoms. The minimum atomic E-state index is -0.672. The standard InChI is InChI=1S/C16H25N3O2/c1-12-5-3-4-6-14(12)15(20)11-17-16(21)18-13-7-9-19(2)10-8-13/h3-6,13,15,20H,7-11H2,1-2H3,(H2,17,18,21). The molecule has 0 saturated carbocycles.